The van der Waals surface area contributed by atoms with Crippen molar-refractivity contribution in [3.8, 4) is 39.1 Å². The van der Waals surface area contributed by atoms with Crippen LogP contribution < -0.4 is 4.90 Å². The van der Waals surface area contributed by atoms with E-state index in [0.29, 0.717) is 0 Å². The molecule has 1 saturated carbocycles. The van der Waals surface area contributed by atoms with Crippen LogP contribution in [0.15, 0.2) is 174 Å². The second kappa shape index (κ2) is 11.6. The maximum absolute atomic E-state index is 6.31. The van der Waals surface area contributed by atoms with Crippen molar-refractivity contribution >= 4 is 60.8 Å². The molecule has 0 radical (unpaired) electrons. The summed E-state index contributed by atoms with van der Waals surface area (Å²) in [4.78, 5) is 2.41. The first-order valence-corrected chi connectivity index (χ1v) is 20.5. The monoisotopic (exact) mass is 730 g/mol. The van der Waals surface area contributed by atoms with Crippen molar-refractivity contribution in [2.75, 3.05) is 4.90 Å². The quantitative estimate of drug-likeness (QED) is 0.180. The molecule has 57 heavy (non-hydrogen) atoms. The molecule has 3 nitrogen and oxygen atoms in total. The Bertz CT molecular complexity index is 3270. The third kappa shape index (κ3) is 4.26. The molecular formula is C54H38N2O. The van der Waals surface area contributed by atoms with E-state index in [9.17, 15) is 0 Å². The Morgan fingerprint density at radius 3 is 2.04 bits per heavy atom. The van der Waals surface area contributed by atoms with Gasteiger partial charge in [0.15, 0.2) is 0 Å². The van der Waals surface area contributed by atoms with Crippen molar-refractivity contribution in [1.29, 1.82) is 0 Å². The molecule has 1 fully saturated rings. The van der Waals surface area contributed by atoms with Gasteiger partial charge < -0.3 is 13.9 Å². The zero-order chi connectivity index (χ0) is 37.2. The molecular weight excluding hydrogens is 693 g/mol. The number of fused-ring (bicyclic) bond motifs is 11. The van der Waals surface area contributed by atoms with Crippen LogP contribution in [0.5, 0.6) is 0 Å². The Hall–Kier alpha value is -6.84. The van der Waals surface area contributed by atoms with Gasteiger partial charge in [-0.1, -0.05) is 135 Å². The lowest BCUT2D eigenvalue weighted by molar-refractivity contribution is 0.353. The predicted molar refractivity (Wildman–Crippen MR) is 236 cm³/mol. The average Bonchev–Trinajstić information content (AvgIpc) is 3.87. The van der Waals surface area contributed by atoms with E-state index in [1.54, 1.807) is 5.56 Å². The van der Waals surface area contributed by atoms with Gasteiger partial charge in [0.1, 0.15) is 11.2 Å². The highest BCUT2D eigenvalue weighted by atomic mass is 16.3. The molecule has 3 aliphatic rings. The number of hydrogen-bond donors (Lipinski definition) is 0. The van der Waals surface area contributed by atoms with Crippen LogP contribution in [0.25, 0.3) is 82.8 Å². The molecule has 3 heteroatoms. The van der Waals surface area contributed by atoms with Crippen molar-refractivity contribution < 1.29 is 4.42 Å². The van der Waals surface area contributed by atoms with Crippen molar-refractivity contribution in [2.24, 2.45) is 0 Å². The van der Waals surface area contributed by atoms with Crippen LogP contribution in [0.1, 0.15) is 43.2 Å². The fourth-order valence-electron chi connectivity index (χ4n) is 11.0. The number of para-hydroxylation sites is 2. The minimum atomic E-state index is 0.0878. The maximum atomic E-state index is 6.31. The first-order chi connectivity index (χ1) is 28.2. The Balaban J connectivity index is 1.09. The van der Waals surface area contributed by atoms with Crippen LogP contribution in [-0.2, 0) is 5.41 Å². The largest absolute Gasteiger partial charge is 0.456 e. The summed E-state index contributed by atoms with van der Waals surface area (Å²) in [6.45, 7) is 0. The third-order valence-electron chi connectivity index (χ3n) is 13.5. The molecule has 13 rings (SSSR count). The van der Waals surface area contributed by atoms with Crippen LogP contribution >= 0.6 is 0 Å². The molecule has 0 saturated heterocycles. The minimum absolute atomic E-state index is 0.0878. The van der Waals surface area contributed by atoms with E-state index in [1.807, 2.05) is 6.07 Å². The third-order valence-corrected chi connectivity index (χ3v) is 13.5. The summed E-state index contributed by atoms with van der Waals surface area (Å²) in [5.74, 6) is 0. The Labute approximate surface area is 331 Å². The van der Waals surface area contributed by atoms with Gasteiger partial charge >= 0.3 is 0 Å². The van der Waals surface area contributed by atoms with Gasteiger partial charge in [-0.25, -0.2) is 0 Å². The summed E-state index contributed by atoms with van der Waals surface area (Å²) in [5, 5.41) is 4.85. The maximum Gasteiger partial charge on any atom is 0.135 e. The van der Waals surface area contributed by atoms with Gasteiger partial charge in [-0.05, 0) is 101 Å². The minimum Gasteiger partial charge on any atom is -0.456 e. The fraction of sp³-hybridized carbons (Fsp3) is 0.111. The molecule has 0 atom stereocenters. The zero-order valence-electron chi connectivity index (χ0n) is 31.5. The van der Waals surface area contributed by atoms with Gasteiger partial charge in [0.2, 0.25) is 0 Å². The first kappa shape index (κ1) is 31.4. The lowest BCUT2D eigenvalue weighted by atomic mass is 9.67. The van der Waals surface area contributed by atoms with Crippen LogP contribution in [0, 0.1) is 0 Å². The molecule has 8 aromatic carbocycles. The summed E-state index contributed by atoms with van der Waals surface area (Å²) >= 11 is 0. The van der Waals surface area contributed by atoms with Crippen molar-refractivity contribution in [3.05, 3.63) is 181 Å². The summed E-state index contributed by atoms with van der Waals surface area (Å²) in [5.41, 5.74) is 20.1. The van der Waals surface area contributed by atoms with Crippen molar-refractivity contribution in [3.63, 3.8) is 0 Å². The van der Waals surface area contributed by atoms with Crippen LogP contribution in [-0.4, -0.2) is 4.57 Å². The van der Waals surface area contributed by atoms with E-state index >= 15 is 0 Å². The highest BCUT2D eigenvalue weighted by molar-refractivity contribution is 6.19. The molecule has 0 amide bonds. The molecule has 0 N–H and O–H groups in total. The summed E-state index contributed by atoms with van der Waals surface area (Å²) in [7, 11) is 0. The average molecular weight is 731 g/mol. The second-order valence-corrected chi connectivity index (χ2v) is 16.3. The van der Waals surface area contributed by atoms with Crippen LogP contribution in [0.3, 0.4) is 0 Å². The smallest absolute Gasteiger partial charge is 0.135 e. The van der Waals surface area contributed by atoms with E-state index in [0.717, 1.165) is 39.0 Å². The van der Waals surface area contributed by atoms with E-state index in [1.165, 1.54) is 98.5 Å². The molecule has 270 valence electrons. The van der Waals surface area contributed by atoms with Crippen molar-refractivity contribution in [1.82, 2.24) is 4.57 Å². The fourth-order valence-corrected chi connectivity index (χ4v) is 11.0. The van der Waals surface area contributed by atoms with E-state index in [4.69, 9.17) is 4.42 Å². The zero-order valence-corrected chi connectivity index (χ0v) is 31.5. The van der Waals surface area contributed by atoms with Crippen LogP contribution in [0.4, 0.5) is 17.1 Å². The summed E-state index contributed by atoms with van der Waals surface area (Å²) < 4.78 is 8.92. The number of rotatable bonds is 4. The molecule has 10 aromatic rings. The molecule has 1 spiro atoms. The van der Waals surface area contributed by atoms with E-state index in [2.05, 4.69) is 173 Å². The molecule has 2 aromatic heterocycles. The molecule has 2 aliphatic carbocycles. The molecule has 0 unspecified atom stereocenters. The van der Waals surface area contributed by atoms with Crippen LogP contribution in [0.2, 0.25) is 0 Å². The van der Waals surface area contributed by atoms with Gasteiger partial charge in [-0.2, -0.15) is 0 Å². The second-order valence-electron chi connectivity index (χ2n) is 16.3. The number of hydrogen-bond acceptors (Lipinski definition) is 2. The van der Waals surface area contributed by atoms with Gasteiger partial charge in [-0.3, -0.25) is 0 Å². The molecule has 3 heterocycles. The van der Waals surface area contributed by atoms with E-state index < -0.39 is 0 Å². The van der Waals surface area contributed by atoms with Gasteiger partial charge in [0.25, 0.3) is 0 Å². The molecule has 1 aliphatic heterocycles. The lowest BCUT2D eigenvalue weighted by Gasteiger charge is -2.36. The summed E-state index contributed by atoms with van der Waals surface area (Å²) in [6, 6.07) is 62.9. The first-order valence-electron chi connectivity index (χ1n) is 20.5. The lowest BCUT2D eigenvalue weighted by Crippen LogP contribution is -2.28. The van der Waals surface area contributed by atoms with E-state index in [-0.39, 0.29) is 5.41 Å². The Morgan fingerprint density at radius 1 is 0.456 bits per heavy atom. The topological polar surface area (TPSA) is 21.3 Å². The van der Waals surface area contributed by atoms with Gasteiger partial charge in [0, 0.05) is 55.1 Å². The highest BCUT2D eigenvalue weighted by Gasteiger charge is 2.46. The number of nitrogens with zero attached hydrogens (tertiary/aromatic N) is 2. The number of furan rings is 1. The SMILES string of the molecule is c1ccc(-c2ccc(N(c3ccc4oc5ccccc5c4c3)c3ccc4c5ccc6c7c5n(c4c3)-c3ccccc3-c3cccc(c3-7)C63CCCCC3)cc2)cc1. The predicted octanol–water partition coefficient (Wildman–Crippen LogP) is 15.0. The highest BCUT2D eigenvalue weighted by Crippen LogP contribution is 2.62. The number of aromatic nitrogens is 1. The number of benzene rings is 8. The normalized spacial score (nSPS) is 14.8. The Morgan fingerprint density at radius 2 is 1.14 bits per heavy atom. The van der Waals surface area contributed by atoms with Crippen molar-refractivity contribution in [2.45, 2.75) is 37.5 Å². The summed E-state index contributed by atoms with van der Waals surface area (Å²) in [6.07, 6.45) is 6.35. The molecule has 0 bridgehead atoms. The Kier molecular flexibility index (Phi) is 6.38. The number of anilines is 3. The standard InChI is InChI=1S/C54H38N2O/c1-3-12-34(13-4-1)35-20-22-36(23-21-35)55(37-25-29-50-44(32-37)41-15-6-8-19-49(41)57-50)38-24-26-40-43-27-28-46-52-51-42(16-11-17-45(51)54(46)30-9-2-10-31-54)39-14-5-7-18-47(39)56(53(43)52)48(40)33-38/h1,3-8,11-29,32-33H,2,9-10,30-31H2. The van der Waals surface area contributed by atoms with Gasteiger partial charge in [0.05, 0.1) is 16.7 Å². The van der Waals surface area contributed by atoms with Gasteiger partial charge in [-0.15, -0.1) is 0 Å².